The zero-order valence-corrected chi connectivity index (χ0v) is 10.4. The van der Waals surface area contributed by atoms with E-state index in [-0.39, 0.29) is 0 Å². The fraction of sp³-hybridized carbons (Fsp3) is 0.250. The Hall–Kier alpha value is -1.55. The lowest BCUT2D eigenvalue weighted by Gasteiger charge is -2.09. The average Bonchev–Trinajstić information content (AvgIpc) is 2.67. The van der Waals surface area contributed by atoms with Crippen molar-refractivity contribution in [2.45, 2.75) is 13.8 Å². The Morgan fingerprint density at radius 1 is 1.25 bits per heavy atom. The molecule has 2 rings (SSSR count). The lowest BCUT2D eigenvalue weighted by molar-refractivity contribution is 0.411. The van der Waals surface area contributed by atoms with Crippen molar-refractivity contribution in [1.29, 1.82) is 0 Å². The van der Waals surface area contributed by atoms with Crippen LogP contribution in [0.1, 0.15) is 11.1 Å². The van der Waals surface area contributed by atoms with Crippen LogP contribution < -0.4 is 10.5 Å². The van der Waals surface area contributed by atoms with Crippen molar-refractivity contribution in [2.75, 3.05) is 12.8 Å². The van der Waals surface area contributed by atoms with Crippen LogP contribution in [0, 0.1) is 13.8 Å². The summed E-state index contributed by atoms with van der Waals surface area (Å²) >= 11 is 1.50. The van der Waals surface area contributed by atoms with Gasteiger partial charge in [-0.1, -0.05) is 11.3 Å². The third-order valence-electron chi connectivity index (χ3n) is 2.53. The van der Waals surface area contributed by atoms with Crippen LogP contribution >= 0.6 is 11.3 Å². The molecule has 0 saturated heterocycles. The van der Waals surface area contributed by atoms with Gasteiger partial charge in [-0.05, 0) is 42.7 Å². The number of methoxy groups -OCH3 is 1. The summed E-state index contributed by atoms with van der Waals surface area (Å²) in [4.78, 5) is 5.17. The number of aryl methyl sites for hydroxylation is 2. The molecule has 0 radical (unpaired) electrons. The number of benzene rings is 1. The summed E-state index contributed by atoms with van der Waals surface area (Å²) in [6, 6.07) is 4.15. The molecular formula is C12H14N2OS. The van der Waals surface area contributed by atoms with E-state index in [0.29, 0.717) is 5.13 Å². The summed E-state index contributed by atoms with van der Waals surface area (Å²) in [5.41, 5.74) is 9.11. The van der Waals surface area contributed by atoms with E-state index in [9.17, 15) is 0 Å². The van der Waals surface area contributed by atoms with Gasteiger partial charge < -0.3 is 10.5 Å². The average molecular weight is 234 g/mol. The van der Waals surface area contributed by atoms with E-state index < -0.39 is 0 Å². The van der Waals surface area contributed by atoms with Crippen molar-refractivity contribution in [1.82, 2.24) is 4.98 Å². The fourth-order valence-electron chi connectivity index (χ4n) is 1.69. The summed E-state index contributed by atoms with van der Waals surface area (Å²) in [7, 11) is 1.69. The van der Waals surface area contributed by atoms with Crippen molar-refractivity contribution in [3.05, 3.63) is 29.5 Å². The van der Waals surface area contributed by atoms with E-state index in [1.807, 2.05) is 19.2 Å². The second-order valence-corrected chi connectivity index (χ2v) is 4.76. The molecule has 4 heteroatoms. The Balaban J connectivity index is 2.54. The molecular weight excluding hydrogens is 220 g/mol. The van der Waals surface area contributed by atoms with Crippen LogP contribution in [0.4, 0.5) is 5.13 Å². The molecule has 0 amide bonds. The molecule has 84 valence electrons. The van der Waals surface area contributed by atoms with Gasteiger partial charge in [-0.3, -0.25) is 0 Å². The Morgan fingerprint density at radius 3 is 2.56 bits per heavy atom. The number of nitrogens with two attached hydrogens (primary N) is 1. The molecule has 0 fully saturated rings. The third kappa shape index (κ3) is 1.88. The number of thiazole rings is 1. The van der Waals surface area contributed by atoms with Gasteiger partial charge in [0.15, 0.2) is 5.13 Å². The molecule has 0 aliphatic carbocycles. The maximum Gasteiger partial charge on any atom is 0.180 e. The van der Waals surface area contributed by atoms with Gasteiger partial charge in [0.1, 0.15) is 5.75 Å². The van der Waals surface area contributed by atoms with E-state index in [1.165, 1.54) is 22.5 Å². The van der Waals surface area contributed by atoms with Crippen molar-refractivity contribution in [3.63, 3.8) is 0 Å². The lowest BCUT2D eigenvalue weighted by atomic mass is 10.0. The van der Waals surface area contributed by atoms with E-state index >= 15 is 0 Å². The minimum atomic E-state index is 0.600. The number of ether oxygens (including phenoxy) is 1. The van der Waals surface area contributed by atoms with Gasteiger partial charge in [0.2, 0.25) is 0 Å². The Labute approximate surface area is 98.9 Å². The first-order valence-corrected chi connectivity index (χ1v) is 5.80. The van der Waals surface area contributed by atoms with Gasteiger partial charge in [0.25, 0.3) is 0 Å². The molecule has 16 heavy (non-hydrogen) atoms. The molecule has 1 aromatic heterocycles. The number of nitrogens with zero attached hydrogens (tertiary/aromatic N) is 1. The van der Waals surface area contributed by atoms with Crippen LogP contribution in [0.2, 0.25) is 0 Å². The second kappa shape index (κ2) is 4.14. The Bertz CT molecular complexity index is 520. The third-order valence-corrected chi connectivity index (χ3v) is 3.39. The fourth-order valence-corrected chi connectivity index (χ4v) is 2.45. The van der Waals surface area contributed by atoms with Crippen molar-refractivity contribution in [2.24, 2.45) is 0 Å². The predicted octanol–water partition coefficient (Wildman–Crippen LogP) is 3.02. The summed E-state index contributed by atoms with van der Waals surface area (Å²) in [6.07, 6.45) is 1.81. The van der Waals surface area contributed by atoms with E-state index in [2.05, 4.69) is 18.0 Å². The monoisotopic (exact) mass is 234 g/mol. The van der Waals surface area contributed by atoms with Crippen LogP contribution in [0.15, 0.2) is 18.3 Å². The predicted molar refractivity (Wildman–Crippen MR) is 68.0 cm³/mol. The van der Waals surface area contributed by atoms with Crippen molar-refractivity contribution in [3.8, 4) is 16.2 Å². The van der Waals surface area contributed by atoms with Crippen molar-refractivity contribution < 1.29 is 4.74 Å². The SMILES string of the molecule is COc1cc(C)c(-c2cnc(N)s2)cc1C. The molecule has 1 aromatic carbocycles. The first kappa shape index (κ1) is 11.0. The maximum atomic E-state index is 5.64. The van der Waals surface area contributed by atoms with Gasteiger partial charge >= 0.3 is 0 Å². The van der Waals surface area contributed by atoms with Crippen LogP contribution in [-0.2, 0) is 0 Å². The van der Waals surface area contributed by atoms with Gasteiger partial charge in [0.05, 0.1) is 12.0 Å². The summed E-state index contributed by atoms with van der Waals surface area (Å²) in [5.74, 6) is 0.915. The molecule has 0 spiro atoms. The van der Waals surface area contributed by atoms with Crippen LogP contribution in [0.25, 0.3) is 10.4 Å². The maximum absolute atomic E-state index is 5.64. The number of nitrogen functional groups attached to an aromatic ring is 1. The number of hydrogen-bond acceptors (Lipinski definition) is 4. The smallest absolute Gasteiger partial charge is 0.180 e. The normalized spacial score (nSPS) is 10.4. The molecule has 0 atom stereocenters. The molecule has 0 unspecified atom stereocenters. The van der Waals surface area contributed by atoms with E-state index in [4.69, 9.17) is 10.5 Å². The highest BCUT2D eigenvalue weighted by Gasteiger charge is 2.09. The highest BCUT2D eigenvalue weighted by atomic mass is 32.1. The quantitative estimate of drug-likeness (QED) is 0.869. The lowest BCUT2D eigenvalue weighted by Crippen LogP contribution is -1.90. The highest BCUT2D eigenvalue weighted by molar-refractivity contribution is 7.18. The minimum absolute atomic E-state index is 0.600. The van der Waals surface area contributed by atoms with Crippen LogP contribution in [0.5, 0.6) is 5.75 Å². The first-order chi connectivity index (χ1) is 7.61. The molecule has 0 aliphatic rings. The number of aromatic nitrogens is 1. The number of hydrogen-bond donors (Lipinski definition) is 1. The van der Waals surface area contributed by atoms with Gasteiger partial charge in [0, 0.05) is 6.20 Å². The summed E-state index contributed by atoms with van der Waals surface area (Å²) < 4.78 is 5.28. The van der Waals surface area contributed by atoms with Crippen LogP contribution in [0.3, 0.4) is 0 Å². The number of anilines is 1. The molecule has 2 N–H and O–H groups in total. The van der Waals surface area contributed by atoms with Crippen molar-refractivity contribution >= 4 is 16.5 Å². The van der Waals surface area contributed by atoms with Gasteiger partial charge in [-0.25, -0.2) is 4.98 Å². The first-order valence-electron chi connectivity index (χ1n) is 4.98. The van der Waals surface area contributed by atoms with Crippen LogP contribution in [-0.4, -0.2) is 12.1 Å². The molecule has 2 aromatic rings. The summed E-state index contributed by atoms with van der Waals surface area (Å²) in [5, 5.41) is 0.600. The highest BCUT2D eigenvalue weighted by Crippen LogP contribution is 2.33. The minimum Gasteiger partial charge on any atom is -0.496 e. The molecule has 0 aliphatic heterocycles. The van der Waals surface area contributed by atoms with Gasteiger partial charge in [-0.15, -0.1) is 0 Å². The molecule has 0 bridgehead atoms. The summed E-state index contributed by atoms with van der Waals surface area (Å²) in [6.45, 7) is 4.10. The Kier molecular flexibility index (Phi) is 2.83. The zero-order valence-electron chi connectivity index (χ0n) is 9.57. The largest absolute Gasteiger partial charge is 0.496 e. The zero-order chi connectivity index (χ0) is 11.7. The molecule has 1 heterocycles. The topological polar surface area (TPSA) is 48.1 Å². The van der Waals surface area contributed by atoms with Gasteiger partial charge in [-0.2, -0.15) is 0 Å². The molecule has 3 nitrogen and oxygen atoms in total. The van der Waals surface area contributed by atoms with E-state index in [0.717, 1.165) is 16.2 Å². The van der Waals surface area contributed by atoms with E-state index in [1.54, 1.807) is 7.11 Å². The second-order valence-electron chi connectivity index (χ2n) is 3.70. The molecule has 0 saturated carbocycles. The Morgan fingerprint density at radius 2 is 2.00 bits per heavy atom. The standard InChI is InChI=1S/C12H14N2OS/c1-7-5-10(15-3)8(2)4-9(7)11-6-14-12(13)16-11/h4-6H,1-3H3,(H2,13,14). The number of rotatable bonds is 2.